The zero-order valence-corrected chi connectivity index (χ0v) is 16.8. The smallest absolute Gasteiger partial charge is 0.317 e. The third-order valence-corrected chi connectivity index (χ3v) is 6.21. The molecule has 0 amide bonds. The maximum atomic E-state index is 10.9. The molecule has 2 aromatic rings. The highest BCUT2D eigenvalue weighted by Crippen LogP contribution is 2.19. The van der Waals surface area contributed by atoms with E-state index in [2.05, 4.69) is 40.6 Å². The summed E-state index contributed by atoms with van der Waals surface area (Å²) in [6, 6.07) is 10.9. The normalized spacial score (nSPS) is 18.5. The number of rotatable bonds is 8. The van der Waals surface area contributed by atoms with Crippen LogP contribution in [0.3, 0.4) is 0 Å². The zero-order chi connectivity index (χ0) is 19.1. The first-order chi connectivity index (χ1) is 13.1. The lowest BCUT2D eigenvalue weighted by molar-refractivity contribution is -0.138. The minimum Gasteiger partial charge on any atom is -0.480 e. The van der Waals surface area contributed by atoms with Crippen LogP contribution in [-0.4, -0.2) is 58.6 Å². The van der Waals surface area contributed by atoms with Crippen molar-refractivity contribution in [2.45, 2.75) is 44.7 Å². The van der Waals surface area contributed by atoms with E-state index in [0.29, 0.717) is 6.04 Å². The first-order valence-corrected chi connectivity index (χ1v) is 10.6. The van der Waals surface area contributed by atoms with Crippen molar-refractivity contribution in [2.24, 2.45) is 0 Å². The molecule has 1 aromatic carbocycles. The molecule has 0 saturated carbocycles. The van der Waals surface area contributed by atoms with Gasteiger partial charge in [-0.3, -0.25) is 14.6 Å². The first-order valence-electron chi connectivity index (χ1n) is 9.72. The second-order valence-corrected chi connectivity index (χ2v) is 8.33. The van der Waals surface area contributed by atoms with Gasteiger partial charge >= 0.3 is 5.97 Å². The summed E-state index contributed by atoms with van der Waals surface area (Å²) in [6.07, 6.45) is 5.24. The Balaban J connectivity index is 1.46. The number of carboxylic acid groups (broad SMARTS) is 1. The fourth-order valence-corrected chi connectivity index (χ4v) is 4.53. The highest BCUT2D eigenvalue weighted by Gasteiger charge is 2.22. The van der Waals surface area contributed by atoms with Crippen molar-refractivity contribution in [3.05, 3.63) is 52.0 Å². The molecule has 0 bridgehead atoms. The molecule has 0 spiro atoms. The maximum absolute atomic E-state index is 10.9. The average Bonchev–Trinajstić information content (AvgIpc) is 2.96. The van der Waals surface area contributed by atoms with Crippen molar-refractivity contribution in [1.29, 1.82) is 0 Å². The number of likely N-dealkylation sites (N-methyl/N-ethyl adjacent to an activating group) is 1. The number of aryl methyl sites for hydroxylation is 2. The van der Waals surface area contributed by atoms with Crippen LogP contribution in [0.4, 0.5) is 0 Å². The van der Waals surface area contributed by atoms with Gasteiger partial charge in [0.2, 0.25) is 0 Å². The lowest BCUT2D eigenvalue weighted by Gasteiger charge is -2.25. The van der Waals surface area contributed by atoms with Crippen molar-refractivity contribution >= 4 is 17.3 Å². The Bertz CT molecular complexity index is 719. The van der Waals surface area contributed by atoms with Crippen molar-refractivity contribution in [2.75, 3.05) is 26.7 Å². The number of hydrogen-bond acceptors (Lipinski definition) is 5. The zero-order valence-electron chi connectivity index (χ0n) is 16.0. The number of carboxylic acids is 1. The molecule has 146 valence electrons. The second-order valence-electron chi connectivity index (χ2n) is 7.39. The standard InChI is InChI=1S/C21H29N3O2S/c1-23(15-21(25)26)19-8-5-12-24(13-11-19)14-18-16-27-20(22-18)10-9-17-6-3-2-4-7-17/h2-4,6-7,16,19H,5,8-15H2,1H3,(H,25,26). The molecule has 1 aromatic heterocycles. The molecule has 0 radical (unpaired) electrons. The van der Waals surface area contributed by atoms with E-state index < -0.39 is 5.97 Å². The summed E-state index contributed by atoms with van der Waals surface area (Å²) in [7, 11) is 1.92. The summed E-state index contributed by atoms with van der Waals surface area (Å²) in [4.78, 5) is 20.2. The van der Waals surface area contributed by atoms with Gasteiger partial charge in [0.1, 0.15) is 0 Å². The van der Waals surface area contributed by atoms with Gasteiger partial charge < -0.3 is 5.11 Å². The van der Waals surface area contributed by atoms with Crippen LogP contribution >= 0.6 is 11.3 Å². The van der Waals surface area contributed by atoms with E-state index in [1.807, 2.05) is 11.9 Å². The Hall–Kier alpha value is -1.76. The number of carbonyl (C=O) groups is 1. The van der Waals surface area contributed by atoms with Crippen LogP contribution in [0.15, 0.2) is 35.7 Å². The predicted molar refractivity (Wildman–Crippen MR) is 109 cm³/mol. The lowest BCUT2D eigenvalue weighted by atomic mass is 10.1. The van der Waals surface area contributed by atoms with E-state index in [1.54, 1.807) is 11.3 Å². The summed E-state index contributed by atoms with van der Waals surface area (Å²) in [5, 5.41) is 12.4. The van der Waals surface area contributed by atoms with Gasteiger partial charge in [0.15, 0.2) is 0 Å². The molecule has 27 heavy (non-hydrogen) atoms. The molecule has 3 rings (SSSR count). The van der Waals surface area contributed by atoms with E-state index >= 15 is 0 Å². The third-order valence-electron chi connectivity index (χ3n) is 5.25. The summed E-state index contributed by atoms with van der Waals surface area (Å²) < 4.78 is 0. The van der Waals surface area contributed by atoms with E-state index in [0.717, 1.165) is 51.7 Å². The van der Waals surface area contributed by atoms with Crippen LogP contribution in [-0.2, 0) is 24.2 Å². The first kappa shape index (κ1) is 20.0. The summed E-state index contributed by atoms with van der Waals surface area (Å²) >= 11 is 1.76. The summed E-state index contributed by atoms with van der Waals surface area (Å²) in [5.41, 5.74) is 2.53. The maximum Gasteiger partial charge on any atom is 0.317 e. The Morgan fingerprint density at radius 3 is 2.85 bits per heavy atom. The van der Waals surface area contributed by atoms with Crippen molar-refractivity contribution in [1.82, 2.24) is 14.8 Å². The molecule has 1 aliphatic heterocycles. The Kier molecular flexibility index (Phi) is 7.38. The topological polar surface area (TPSA) is 56.7 Å². The molecule has 1 aliphatic rings. The average molecular weight is 388 g/mol. The predicted octanol–water partition coefficient (Wildman–Crippen LogP) is 3.30. The largest absolute Gasteiger partial charge is 0.480 e. The highest BCUT2D eigenvalue weighted by molar-refractivity contribution is 7.09. The minimum atomic E-state index is -0.746. The highest BCUT2D eigenvalue weighted by atomic mass is 32.1. The van der Waals surface area contributed by atoms with E-state index in [1.165, 1.54) is 16.3 Å². The number of likely N-dealkylation sites (tertiary alicyclic amines) is 1. The van der Waals surface area contributed by atoms with Gasteiger partial charge in [0.05, 0.1) is 17.2 Å². The molecular formula is C21H29N3O2S. The van der Waals surface area contributed by atoms with Gasteiger partial charge in [-0.2, -0.15) is 0 Å². The SMILES string of the molecule is CN(CC(=O)O)C1CCCN(Cc2csc(CCc3ccccc3)n2)CC1. The Morgan fingerprint density at radius 2 is 2.07 bits per heavy atom. The van der Waals surface area contributed by atoms with Gasteiger partial charge in [0, 0.05) is 30.9 Å². The molecule has 1 fully saturated rings. The molecule has 5 nitrogen and oxygen atoms in total. The van der Waals surface area contributed by atoms with Gasteiger partial charge in [-0.25, -0.2) is 4.98 Å². The summed E-state index contributed by atoms with van der Waals surface area (Å²) in [6.45, 7) is 3.10. The van der Waals surface area contributed by atoms with Crippen LogP contribution in [0.2, 0.25) is 0 Å². The molecule has 1 unspecified atom stereocenters. The van der Waals surface area contributed by atoms with Crippen molar-refractivity contribution in [3.63, 3.8) is 0 Å². The molecule has 1 saturated heterocycles. The molecule has 0 aliphatic carbocycles. The number of aromatic nitrogens is 1. The number of hydrogen-bond donors (Lipinski definition) is 1. The van der Waals surface area contributed by atoms with E-state index in [-0.39, 0.29) is 6.54 Å². The van der Waals surface area contributed by atoms with Gasteiger partial charge in [0.25, 0.3) is 0 Å². The minimum absolute atomic E-state index is 0.127. The Morgan fingerprint density at radius 1 is 1.26 bits per heavy atom. The van der Waals surface area contributed by atoms with Gasteiger partial charge in [-0.1, -0.05) is 30.3 Å². The molecular weight excluding hydrogens is 358 g/mol. The van der Waals surface area contributed by atoms with Crippen LogP contribution in [0.1, 0.15) is 35.5 Å². The third kappa shape index (κ3) is 6.41. The summed E-state index contributed by atoms with van der Waals surface area (Å²) in [5.74, 6) is -0.746. The molecule has 2 heterocycles. The van der Waals surface area contributed by atoms with Crippen LogP contribution in [0.25, 0.3) is 0 Å². The molecule has 6 heteroatoms. The number of aliphatic carboxylic acids is 1. The van der Waals surface area contributed by atoms with E-state index in [9.17, 15) is 4.79 Å². The number of benzene rings is 1. The quantitative estimate of drug-likeness (QED) is 0.753. The molecule has 1 N–H and O–H groups in total. The Labute approximate surface area is 165 Å². The van der Waals surface area contributed by atoms with Crippen LogP contribution in [0.5, 0.6) is 0 Å². The number of nitrogens with zero attached hydrogens (tertiary/aromatic N) is 3. The fourth-order valence-electron chi connectivity index (χ4n) is 3.74. The van der Waals surface area contributed by atoms with Crippen molar-refractivity contribution in [3.8, 4) is 0 Å². The molecule has 1 atom stereocenters. The van der Waals surface area contributed by atoms with Crippen LogP contribution in [0, 0.1) is 0 Å². The van der Waals surface area contributed by atoms with Gasteiger partial charge in [-0.05, 0) is 44.8 Å². The monoisotopic (exact) mass is 387 g/mol. The lowest BCUT2D eigenvalue weighted by Crippen LogP contribution is -2.36. The van der Waals surface area contributed by atoms with Crippen LogP contribution < -0.4 is 0 Å². The van der Waals surface area contributed by atoms with Crippen molar-refractivity contribution < 1.29 is 9.90 Å². The van der Waals surface area contributed by atoms with Gasteiger partial charge in [-0.15, -0.1) is 11.3 Å². The van der Waals surface area contributed by atoms with E-state index in [4.69, 9.17) is 10.1 Å². The number of thiazole rings is 1. The second kappa shape index (κ2) is 9.97. The fraction of sp³-hybridized carbons (Fsp3) is 0.524.